The topological polar surface area (TPSA) is 29.5 Å². The number of ether oxygens (including phenoxy) is 1. The van der Waals surface area contributed by atoms with Crippen molar-refractivity contribution < 1.29 is 9.53 Å². The zero-order chi connectivity index (χ0) is 13.8. The summed E-state index contributed by atoms with van der Waals surface area (Å²) in [6.07, 6.45) is 2.74. The normalized spacial score (nSPS) is 17.8. The third-order valence-corrected chi connectivity index (χ3v) is 5.11. The minimum atomic E-state index is 0.0129. The highest BCUT2D eigenvalue weighted by Gasteiger charge is 2.31. The first-order valence-corrected chi connectivity index (χ1v) is 8.02. The van der Waals surface area contributed by atoms with Crippen LogP contribution in [-0.2, 0) is 9.53 Å². The number of nitrogens with zero attached hydrogens (tertiary/aromatic N) is 1. The molecular formula is C13H15NO2S3. The van der Waals surface area contributed by atoms with E-state index in [-0.39, 0.29) is 5.91 Å². The Hall–Kier alpha value is -0.690. The van der Waals surface area contributed by atoms with E-state index in [9.17, 15) is 4.79 Å². The molecule has 0 spiro atoms. The minimum Gasteiger partial charge on any atom is -0.385 e. The molecule has 0 bridgehead atoms. The van der Waals surface area contributed by atoms with E-state index < -0.39 is 0 Å². The number of carbonyl (C=O) groups is 1. The first kappa shape index (κ1) is 14.7. The smallest absolute Gasteiger partial charge is 0.266 e. The molecule has 0 aromatic carbocycles. The largest absolute Gasteiger partial charge is 0.385 e. The maximum Gasteiger partial charge on any atom is 0.266 e. The molecule has 0 radical (unpaired) electrons. The van der Waals surface area contributed by atoms with E-state index in [1.165, 1.54) is 17.3 Å². The first-order valence-electron chi connectivity index (χ1n) is 5.92. The standard InChI is InChI=1S/C13H15NO2S3/c1-9-4-7-18-10(9)8-11-12(15)14(13(17)19-11)5-3-6-16-2/h4,7-8H,3,5-6H2,1-2H3. The third-order valence-electron chi connectivity index (χ3n) is 2.77. The number of thiocarbonyl (C=S) groups is 1. The van der Waals surface area contributed by atoms with Gasteiger partial charge in [0.05, 0.1) is 4.91 Å². The fraction of sp³-hybridized carbons (Fsp3) is 0.385. The lowest BCUT2D eigenvalue weighted by molar-refractivity contribution is -0.122. The van der Waals surface area contributed by atoms with E-state index in [0.717, 1.165) is 11.3 Å². The van der Waals surface area contributed by atoms with Crippen LogP contribution in [0.15, 0.2) is 16.4 Å². The maximum absolute atomic E-state index is 12.3. The average molecular weight is 313 g/mol. The Morgan fingerprint density at radius 3 is 2.95 bits per heavy atom. The summed E-state index contributed by atoms with van der Waals surface area (Å²) < 4.78 is 5.64. The monoisotopic (exact) mass is 313 g/mol. The van der Waals surface area contributed by atoms with Crippen molar-refractivity contribution in [3.05, 3.63) is 26.8 Å². The van der Waals surface area contributed by atoms with Gasteiger partial charge in [0.2, 0.25) is 0 Å². The number of hydrogen-bond acceptors (Lipinski definition) is 5. The lowest BCUT2D eigenvalue weighted by Gasteiger charge is -2.13. The van der Waals surface area contributed by atoms with Crippen molar-refractivity contribution in [3.63, 3.8) is 0 Å². The Kier molecular flexibility index (Phi) is 5.15. The van der Waals surface area contributed by atoms with Crippen LogP contribution in [0.4, 0.5) is 0 Å². The second-order valence-corrected chi connectivity index (χ2v) is 6.77. The van der Waals surface area contributed by atoms with Crippen LogP contribution < -0.4 is 0 Å². The van der Waals surface area contributed by atoms with Crippen molar-refractivity contribution in [2.24, 2.45) is 0 Å². The predicted octanol–water partition coefficient (Wildman–Crippen LogP) is 3.29. The molecule has 0 saturated carbocycles. The van der Waals surface area contributed by atoms with E-state index >= 15 is 0 Å². The zero-order valence-corrected chi connectivity index (χ0v) is 13.3. The maximum atomic E-state index is 12.3. The zero-order valence-electron chi connectivity index (χ0n) is 10.8. The van der Waals surface area contributed by atoms with Crippen LogP contribution in [0.1, 0.15) is 16.9 Å². The van der Waals surface area contributed by atoms with Crippen LogP contribution in [0.5, 0.6) is 0 Å². The highest BCUT2D eigenvalue weighted by Crippen LogP contribution is 2.34. The van der Waals surface area contributed by atoms with Crippen LogP contribution in [0.2, 0.25) is 0 Å². The van der Waals surface area contributed by atoms with E-state index in [0.29, 0.717) is 22.4 Å². The summed E-state index contributed by atoms with van der Waals surface area (Å²) in [5, 5.41) is 2.03. The second kappa shape index (κ2) is 6.65. The van der Waals surface area contributed by atoms with Crippen molar-refractivity contribution in [2.45, 2.75) is 13.3 Å². The van der Waals surface area contributed by atoms with Gasteiger partial charge in [-0.2, -0.15) is 0 Å². The number of carbonyl (C=O) groups excluding carboxylic acids is 1. The molecule has 3 nitrogen and oxygen atoms in total. The number of aryl methyl sites for hydroxylation is 1. The molecule has 1 aliphatic rings. The quantitative estimate of drug-likeness (QED) is 0.474. The number of thioether (sulfide) groups is 1. The number of hydrogen-bond donors (Lipinski definition) is 0. The fourth-order valence-electron chi connectivity index (χ4n) is 1.71. The molecule has 1 fully saturated rings. The highest BCUT2D eigenvalue weighted by atomic mass is 32.2. The van der Waals surface area contributed by atoms with Crippen molar-refractivity contribution in [3.8, 4) is 0 Å². The lowest BCUT2D eigenvalue weighted by atomic mass is 10.2. The van der Waals surface area contributed by atoms with Gasteiger partial charge in [-0.1, -0.05) is 24.0 Å². The van der Waals surface area contributed by atoms with E-state index in [4.69, 9.17) is 17.0 Å². The third kappa shape index (κ3) is 3.45. The number of amides is 1. The molecule has 1 amide bonds. The van der Waals surface area contributed by atoms with Crippen molar-refractivity contribution in [1.82, 2.24) is 4.90 Å². The van der Waals surface area contributed by atoms with Gasteiger partial charge in [-0.3, -0.25) is 9.69 Å². The molecular weight excluding hydrogens is 298 g/mol. The Morgan fingerprint density at radius 2 is 2.32 bits per heavy atom. The number of methoxy groups -OCH3 is 1. The molecule has 6 heteroatoms. The van der Waals surface area contributed by atoms with Crippen LogP contribution in [0.25, 0.3) is 6.08 Å². The van der Waals surface area contributed by atoms with Crippen molar-refractivity contribution in [2.75, 3.05) is 20.3 Å². The molecule has 102 valence electrons. The summed E-state index contributed by atoms with van der Waals surface area (Å²) in [4.78, 5) is 15.8. The van der Waals surface area contributed by atoms with Gasteiger partial charge < -0.3 is 4.74 Å². The average Bonchev–Trinajstić information content (AvgIpc) is 2.89. The molecule has 0 atom stereocenters. The predicted molar refractivity (Wildman–Crippen MR) is 85.4 cm³/mol. The number of thiophene rings is 1. The second-order valence-electron chi connectivity index (χ2n) is 4.15. The van der Waals surface area contributed by atoms with Crippen molar-refractivity contribution >= 4 is 51.6 Å². The molecule has 0 aliphatic carbocycles. The molecule has 0 unspecified atom stereocenters. The van der Waals surface area contributed by atoms with Gasteiger partial charge in [0.1, 0.15) is 4.32 Å². The highest BCUT2D eigenvalue weighted by molar-refractivity contribution is 8.26. The Balaban J connectivity index is 2.09. The van der Waals surface area contributed by atoms with Gasteiger partial charge in [-0.15, -0.1) is 11.3 Å². The molecule has 0 N–H and O–H groups in total. The molecule has 1 aliphatic heterocycles. The molecule has 19 heavy (non-hydrogen) atoms. The summed E-state index contributed by atoms with van der Waals surface area (Å²) in [5.74, 6) is 0.0129. The van der Waals surface area contributed by atoms with Gasteiger partial charge >= 0.3 is 0 Å². The molecule has 1 saturated heterocycles. The van der Waals surface area contributed by atoms with E-state index in [2.05, 4.69) is 6.07 Å². The van der Waals surface area contributed by atoms with Crippen LogP contribution >= 0.6 is 35.3 Å². The SMILES string of the molecule is COCCCN1C(=O)C(=Cc2sccc2C)SC1=S. The van der Waals surface area contributed by atoms with Crippen LogP contribution in [0, 0.1) is 6.92 Å². The molecule has 2 heterocycles. The molecule has 1 aromatic heterocycles. The van der Waals surface area contributed by atoms with Gasteiger partial charge in [0.25, 0.3) is 5.91 Å². The van der Waals surface area contributed by atoms with E-state index in [1.54, 1.807) is 23.3 Å². The van der Waals surface area contributed by atoms with Crippen molar-refractivity contribution in [1.29, 1.82) is 0 Å². The van der Waals surface area contributed by atoms with Gasteiger partial charge in [-0.25, -0.2) is 0 Å². The van der Waals surface area contributed by atoms with Gasteiger partial charge in [0.15, 0.2) is 0 Å². The number of rotatable bonds is 5. The van der Waals surface area contributed by atoms with Gasteiger partial charge in [0, 0.05) is 25.1 Å². The van der Waals surface area contributed by atoms with E-state index in [1.807, 2.05) is 18.4 Å². The molecule has 2 rings (SSSR count). The van der Waals surface area contributed by atoms with Crippen LogP contribution in [0.3, 0.4) is 0 Å². The Bertz CT molecular complexity index is 522. The van der Waals surface area contributed by atoms with Gasteiger partial charge in [-0.05, 0) is 36.4 Å². The summed E-state index contributed by atoms with van der Waals surface area (Å²) in [7, 11) is 1.66. The summed E-state index contributed by atoms with van der Waals surface area (Å²) in [6, 6.07) is 2.05. The molecule has 1 aromatic rings. The Morgan fingerprint density at radius 1 is 1.53 bits per heavy atom. The summed E-state index contributed by atoms with van der Waals surface area (Å²) >= 11 is 8.28. The summed E-state index contributed by atoms with van der Waals surface area (Å²) in [5.41, 5.74) is 1.19. The first-order chi connectivity index (χ1) is 9.13. The fourth-order valence-corrected chi connectivity index (χ4v) is 3.93. The van der Waals surface area contributed by atoms with Crippen LogP contribution in [-0.4, -0.2) is 35.4 Å². The lowest BCUT2D eigenvalue weighted by Crippen LogP contribution is -2.29. The summed E-state index contributed by atoms with van der Waals surface area (Å²) in [6.45, 7) is 3.31. The Labute approximate surface area is 126 Å². The minimum absolute atomic E-state index is 0.0129.